The Morgan fingerprint density at radius 2 is 1.71 bits per heavy atom. The van der Waals surface area contributed by atoms with E-state index in [9.17, 15) is 25.0 Å². The van der Waals surface area contributed by atoms with Crippen LogP contribution in [0.15, 0.2) is 6.07 Å². The van der Waals surface area contributed by atoms with E-state index in [1.54, 1.807) is 0 Å². The Balaban J connectivity index is 3.76. The van der Waals surface area contributed by atoms with E-state index in [1.165, 1.54) is 13.8 Å². The van der Waals surface area contributed by atoms with Crippen LogP contribution < -0.4 is 0 Å². The number of hydrogen-bond donors (Lipinski definition) is 0. The van der Waals surface area contributed by atoms with Crippen molar-refractivity contribution in [2.75, 3.05) is 0 Å². The zero-order chi connectivity index (χ0) is 13.3. The van der Waals surface area contributed by atoms with Crippen molar-refractivity contribution >= 4 is 28.2 Å². The highest BCUT2D eigenvalue weighted by molar-refractivity contribution is 6.68. The summed E-state index contributed by atoms with van der Waals surface area (Å²) in [7, 11) is 0. The number of carbonyl (C=O) groups excluding carboxylic acids is 1. The highest BCUT2D eigenvalue weighted by Crippen LogP contribution is 2.34. The van der Waals surface area contributed by atoms with Crippen molar-refractivity contribution < 1.29 is 14.6 Å². The number of nitro groups is 2. The van der Waals surface area contributed by atoms with Crippen LogP contribution in [0.2, 0.25) is 0 Å². The van der Waals surface area contributed by atoms with Crippen LogP contribution in [0, 0.1) is 34.1 Å². The fourth-order valence-electron chi connectivity index (χ4n) is 1.55. The number of carbonyl (C=O) groups is 1. The van der Waals surface area contributed by atoms with Gasteiger partial charge in [-0.1, -0.05) is 0 Å². The van der Waals surface area contributed by atoms with Crippen LogP contribution in [0.25, 0.3) is 0 Å². The Hall–Kier alpha value is -2.02. The largest absolute Gasteiger partial charge is 0.282 e. The SMILES string of the molecule is Cc1c(C(=O)Cl)cc([N+](=O)[O-])c(C)c1[N+](=O)[O-]. The Kier molecular flexibility index (Phi) is 3.42. The third kappa shape index (κ3) is 2.23. The third-order valence-electron chi connectivity index (χ3n) is 2.37. The molecule has 1 rings (SSSR count). The molecule has 90 valence electrons. The first-order valence-electron chi connectivity index (χ1n) is 4.40. The van der Waals surface area contributed by atoms with Gasteiger partial charge in [0.25, 0.3) is 16.6 Å². The number of hydrogen-bond acceptors (Lipinski definition) is 5. The van der Waals surface area contributed by atoms with E-state index in [2.05, 4.69) is 0 Å². The summed E-state index contributed by atoms with van der Waals surface area (Å²) in [5, 5.41) is 20.6. The van der Waals surface area contributed by atoms with Crippen LogP contribution in [0.1, 0.15) is 21.5 Å². The topological polar surface area (TPSA) is 103 Å². The van der Waals surface area contributed by atoms with Crippen molar-refractivity contribution in [1.82, 2.24) is 0 Å². The Labute approximate surface area is 100 Å². The van der Waals surface area contributed by atoms with E-state index in [0.29, 0.717) is 0 Å². The molecule has 0 atom stereocenters. The van der Waals surface area contributed by atoms with Crippen LogP contribution in [0.5, 0.6) is 0 Å². The minimum atomic E-state index is -0.964. The smallest absolute Gasteiger partial charge is 0.276 e. The second-order valence-electron chi connectivity index (χ2n) is 3.33. The van der Waals surface area contributed by atoms with Gasteiger partial charge in [-0.25, -0.2) is 0 Å². The van der Waals surface area contributed by atoms with Gasteiger partial charge in [0.2, 0.25) is 0 Å². The van der Waals surface area contributed by atoms with E-state index in [4.69, 9.17) is 11.6 Å². The fraction of sp³-hybridized carbons (Fsp3) is 0.222. The van der Waals surface area contributed by atoms with Crippen LogP contribution in [0.3, 0.4) is 0 Å². The number of nitro benzene ring substituents is 2. The standard InChI is InChI=1S/C9H7ClN2O5/c1-4-6(9(10)13)3-7(11(14)15)5(2)8(4)12(16)17/h3H,1-2H3. The van der Waals surface area contributed by atoms with Crippen molar-refractivity contribution in [2.45, 2.75) is 13.8 Å². The molecule has 0 N–H and O–H groups in total. The molecule has 0 aliphatic rings. The molecular formula is C9H7ClN2O5. The number of benzene rings is 1. The van der Waals surface area contributed by atoms with Gasteiger partial charge in [-0.05, 0) is 25.4 Å². The minimum Gasteiger partial charge on any atom is -0.276 e. The molecule has 0 heterocycles. The van der Waals surface area contributed by atoms with Gasteiger partial charge in [0.15, 0.2) is 0 Å². The van der Waals surface area contributed by atoms with Gasteiger partial charge in [0, 0.05) is 11.6 Å². The molecule has 0 fully saturated rings. The molecule has 0 aliphatic heterocycles. The molecule has 8 heteroatoms. The molecule has 0 radical (unpaired) electrons. The summed E-state index contributed by atoms with van der Waals surface area (Å²) in [6.45, 7) is 2.58. The van der Waals surface area contributed by atoms with Crippen molar-refractivity contribution in [3.63, 3.8) is 0 Å². The van der Waals surface area contributed by atoms with E-state index in [0.717, 1.165) is 6.07 Å². The third-order valence-corrected chi connectivity index (χ3v) is 2.57. The van der Waals surface area contributed by atoms with Gasteiger partial charge >= 0.3 is 0 Å². The Morgan fingerprint density at radius 1 is 1.18 bits per heavy atom. The van der Waals surface area contributed by atoms with Gasteiger partial charge in [-0.2, -0.15) is 0 Å². The summed E-state index contributed by atoms with van der Waals surface area (Å²) in [5.74, 6) is 0. The molecule has 0 spiro atoms. The average molecular weight is 259 g/mol. The fourth-order valence-corrected chi connectivity index (χ4v) is 1.75. The average Bonchev–Trinajstić information content (AvgIpc) is 2.15. The summed E-state index contributed by atoms with van der Waals surface area (Å²) < 4.78 is 0. The molecule has 7 nitrogen and oxygen atoms in total. The van der Waals surface area contributed by atoms with Crippen molar-refractivity contribution in [1.29, 1.82) is 0 Å². The van der Waals surface area contributed by atoms with Crippen molar-refractivity contribution in [3.05, 3.63) is 43.0 Å². The Morgan fingerprint density at radius 3 is 2.06 bits per heavy atom. The lowest BCUT2D eigenvalue weighted by atomic mass is 10.0. The summed E-state index contributed by atoms with van der Waals surface area (Å²) >= 11 is 5.23. The Bertz CT molecular complexity index is 502. The maximum absolute atomic E-state index is 11.0. The second-order valence-corrected chi connectivity index (χ2v) is 3.67. The van der Waals surface area contributed by atoms with E-state index in [-0.39, 0.29) is 16.7 Å². The maximum Gasteiger partial charge on any atom is 0.282 e. The molecule has 17 heavy (non-hydrogen) atoms. The second kappa shape index (κ2) is 4.46. The highest BCUT2D eigenvalue weighted by atomic mass is 35.5. The molecule has 0 saturated carbocycles. The number of halogens is 1. The van der Waals surface area contributed by atoms with Crippen molar-refractivity contribution in [2.24, 2.45) is 0 Å². The van der Waals surface area contributed by atoms with Crippen molar-refractivity contribution in [3.8, 4) is 0 Å². The molecule has 0 aromatic heterocycles. The molecule has 0 bridgehead atoms. The lowest BCUT2D eigenvalue weighted by Gasteiger charge is -2.05. The molecule has 0 unspecified atom stereocenters. The number of nitrogens with zero attached hydrogens (tertiary/aromatic N) is 2. The van der Waals surface area contributed by atoms with E-state index >= 15 is 0 Å². The predicted molar refractivity (Wildman–Crippen MR) is 59.4 cm³/mol. The molecule has 0 saturated heterocycles. The quantitative estimate of drug-likeness (QED) is 0.471. The first-order valence-corrected chi connectivity index (χ1v) is 4.78. The van der Waals surface area contributed by atoms with Crippen LogP contribution in [-0.4, -0.2) is 15.1 Å². The zero-order valence-electron chi connectivity index (χ0n) is 8.89. The first-order chi connectivity index (χ1) is 7.77. The molecule has 1 aromatic rings. The zero-order valence-corrected chi connectivity index (χ0v) is 9.65. The van der Waals surface area contributed by atoms with Gasteiger partial charge in [-0.3, -0.25) is 25.0 Å². The monoisotopic (exact) mass is 258 g/mol. The van der Waals surface area contributed by atoms with Crippen LogP contribution in [0.4, 0.5) is 11.4 Å². The lowest BCUT2D eigenvalue weighted by molar-refractivity contribution is -0.395. The van der Waals surface area contributed by atoms with Gasteiger partial charge in [-0.15, -0.1) is 0 Å². The van der Waals surface area contributed by atoms with Crippen LogP contribution >= 0.6 is 11.6 Å². The minimum absolute atomic E-state index is 0.0260. The lowest BCUT2D eigenvalue weighted by Crippen LogP contribution is -2.05. The van der Waals surface area contributed by atoms with Gasteiger partial charge in [0.1, 0.15) is 5.56 Å². The summed E-state index contributed by atoms with van der Waals surface area (Å²) in [4.78, 5) is 31.0. The molecule has 0 aliphatic carbocycles. The van der Waals surface area contributed by atoms with Crippen LogP contribution in [-0.2, 0) is 0 Å². The van der Waals surface area contributed by atoms with Gasteiger partial charge in [0.05, 0.1) is 15.4 Å². The first kappa shape index (κ1) is 13.0. The van der Waals surface area contributed by atoms with E-state index < -0.39 is 26.5 Å². The van der Waals surface area contributed by atoms with Gasteiger partial charge < -0.3 is 0 Å². The summed E-state index contributed by atoms with van der Waals surface area (Å²) in [6.07, 6.45) is 0. The molecule has 1 aromatic carbocycles. The maximum atomic E-state index is 11.0. The highest BCUT2D eigenvalue weighted by Gasteiger charge is 2.28. The molecular weight excluding hydrogens is 252 g/mol. The normalized spacial score (nSPS) is 10.1. The molecule has 0 amide bonds. The predicted octanol–water partition coefficient (Wildman–Crippen LogP) is 2.50. The van der Waals surface area contributed by atoms with E-state index in [1.807, 2.05) is 0 Å². The number of rotatable bonds is 3. The summed E-state index contributed by atoms with van der Waals surface area (Å²) in [5.41, 5.74) is -1.25. The summed E-state index contributed by atoms with van der Waals surface area (Å²) in [6, 6.07) is 0.951.